The zero-order valence-electron chi connectivity index (χ0n) is 11.6. The Balaban J connectivity index is 1.98. The average molecular weight is 264 g/mol. The lowest BCUT2D eigenvalue weighted by molar-refractivity contribution is 0.190. The third-order valence-corrected chi connectivity index (χ3v) is 4.42. The molecule has 1 aliphatic carbocycles. The van der Waals surface area contributed by atoms with Crippen LogP contribution in [0.2, 0.25) is 0 Å². The highest BCUT2D eigenvalue weighted by atomic mass is 16.5. The molecule has 100 valence electrons. The molecular formula is C18H16O2. The summed E-state index contributed by atoms with van der Waals surface area (Å²) in [7, 11) is 0. The maximum atomic E-state index is 9.77. The van der Waals surface area contributed by atoms with Gasteiger partial charge in [-0.3, -0.25) is 0 Å². The molecule has 0 radical (unpaired) electrons. The van der Waals surface area contributed by atoms with Crippen molar-refractivity contribution in [1.29, 1.82) is 0 Å². The van der Waals surface area contributed by atoms with Gasteiger partial charge in [-0.25, -0.2) is 0 Å². The molecule has 1 atom stereocenters. The van der Waals surface area contributed by atoms with Crippen LogP contribution in [-0.2, 0) is 5.41 Å². The normalized spacial score (nSPS) is 21.3. The summed E-state index contributed by atoms with van der Waals surface area (Å²) in [6, 6.07) is 13.8. The maximum Gasteiger partial charge on any atom is 0.134 e. The summed E-state index contributed by atoms with van der Waals surface area (Å²) < 4.78 is 6.17. The van der Waals surface area contributed by atoms with Gasteiger partial charge in [0.2, 0.25) is 0 Å². The van der Waals surface area contributed by atoms with E-state index in [1.165, 1.54) is 16.7 Å². The van der Waals surface area contributed by atoms with Crippen LogP contribution in [0.15, 0.2) is 42.5 Å². The minimum Gasteiger partial charge on any atom is -0.508 e. The lowest BCUT2D eigenvalue weighted by Crippen LogP contribution is -2.39. The molecular weight excluding hydrogens is 248 g/mol. The molecule has 0 bridgehead atoms. The van der Waals surface area contributed by atoms with Crippen LogP contribution < -0.4 is 4.74 Å². The molecule has 1 aliphatic heterocycles. The second kappa shape index (κ2) is 3.66. The van der Waals surface area contributed by atoms with Crippen LogP contribution in [0.5, 0.6) is 11.5 Å². The summed E-state index contributed by atoms with van der Waals surface area (Å²) in [5.41, 5.74) is 4.56. The van der Waals surface area contributed by atoms with Gasteiger partial charge in [0.1, 0.15) is 17.6 Å². The third kappa shape index (κ3) is 1.39. The SMILES string of the molecule is CC1(C)c2cc(O)ccc2C=C2c3ccccc3OC21. The van der Waals surface area contributed by atoms with E-state index in [0.29, 0.717) is 5.75 Å². The van der Waals surface area contributed by atoms with Crippen molar-refractivity contribution in [3.63, 3.8) is 0 Å². The molecule has 1 heterocycles. The van der Waals surface area contributed by atoms with E-state index >= 15 is 0 Å². The van der Waals surface area contributed by atoms with Crippen LogP contribution in [0.4, 0.5) is 0 Å². The Morgan fingerprint density at radius 3 is 2.75 bits per heavy atom. The van der Waals surface area contributed by atoms with Gasteiger partial charge in [0.05, 0.1) is 0 Å². The van der Waals surface area contributed by atoms with Gasteiger partial charge in [0.25, 0.3) is 0 Å². The summed E-state index contributed by atoms with van der Waals surface area (Å²) in [4.78, 5) is 0. The van der Waals surface area contributed by atoms with Gasteiger partial charge in [0.15, 0.2) is 0 Å². The first kappa shape index (κ1) is 11.6. The minimum absolute atomic E-state index is 0.00852. The number of ether oxygens (including phenoxy) is 1. The van der Waals surface area contributed by atoms with E-state index in [1.807, 2.05) is 30.3 Å². The maximum absolute atomic E-state index is 9.77. The zero-order valence-corrected chi connectivity index (χ0v) is 11.6. The molecule has 2 nitrogen and oxygen atoms in total. The summed E-state index contributed by atoms with van der Waals surface area (Å²) >= 11 is 0. The molecule has 1 unspecified atom stereocenters. The molecule has 2 aromatic carbocycles. The molecule has 0 spiro atoms. The monoisotopic (exact) mass is 264 g/mol. The quantitative estimate of drug-likeness (QED) is 0.779. The molecule has 2 heteroatoms. The minimum atomic E-state index is -0.169. The van der Waals surface area contributed by atoms with Gasteiger partial charge in [-0.05, 0) is 35.4 Å². The molecule has 0 aromatic heterocycles. The Bertz CT molecular complexity index is 741. The van der Waals surface area contributed by atoms with Crippen molar-refractivity contribution in [3.8, 4) is 11.5 Å². The van der Waals surface area contributed by atoms with Crippen molar-refractivity contribution in [3.05, 3.63) is 59.2 Å². The van der Waals surface area contributed by atoms with Crippen LogP contribution in [0.1, 0.15) is 30.5 Å². The number of phenols is 1. The van der Waals surface area contributed by atoms with E-state index in [2.05, 4.69) is 26.0 Å². The molecule has 0 saturated carbocycles. The van der Waals surface area contributed by atoms with Crippen molar-refractivity contribution < 1.29 is 9.84 Å². The van der Waals surface area contributed by atoms with Crippen molar-refractivity contribution in [2.45, 2.75) is 25.4 Å². The van der Waals surface area contributed by atoms with Gasteiger partial charge in [0, 0.05) is 16.6 Å². The Kier molecular flexibility index (Phi) is 2.12. The first-order valence-corrected chi connectivity index (χ1v) is 6.88. The number of phenolic OH excluding ortho intramolecular Hbond substituents is 1. The highest BCUT2D eigenvalue weighted by Crippen LogP contribution is 2.50. The Hall–Kier alpha value is -2.22. The van der Waals surface area contributed by atoms with Crippen LogP contribution in [0.3, 0.4) is 0 Å². The van der Waals surface area contributed by atoms with Crippen LogP contribution in [0, 0.1) is 0 Å². The lowest BCUT2D eigenvalue weighted by atomic mass is 9.70. The molecule has 0 saturated heterocycles. The summed E-state index contributed by atoms with van der Waals surface area (Å²) in [6.07, 6.45) is 2.20. The Labute approximate surface area is 118 Å². The summed E-state index contributed by atoms with van der Waals surface area (Å²) in [5, 5.41) is 9.77. The van der Waals surface area contributed by atoms with Crippen molar-refractivity contribution in [2.75, 3.05) is 0 Å². The van der Waals surface area contributed by atoms with Crippen molar-refractivity contribution >= 4 is 11.6 Å². The molecule has 2 aromatic rings. The van der Waals surface area contributed by atoms with Crippen LogP contribution in [0.25, 0.3) is 11.6 Å². The van der Waals surface area contributed by atoms with Crippen LogP contribution >= 0.6 is 0 Å². The van der Waals surface area contributed by atoms with E-state index in [0.717, 1.165) is 11.3 Å². The predicted molar refractivity (Wildman–Crippen MR) is 79.9 cm³/mol. The predicted octanol–water partition coefficient (Wildman–Crippen LogP) is 3.99. The van der Waals surface area contributed by atoms with Gasteiger partial charge in [-0.15, -0.1) is 0 Å². The molecule has 20 heavy (non-hydrogen) atoms. The third-order valence-electron chi connectivity index (χ3n) is 4.42. The fourth-order valence-corrected chi connectivity index (χ4v) is 3.37. The first-order chi connectivity index (χ1) is 9.57. The number of benzene rings is 2. The molecule has 4 rings (SSSR count). The average Bonchev–Trinajstić information content (AvgIpc) is 2.80. The number of fused-ring (bicyclic) bond motifs is 4. The summed E-state index contributed by atoms with van der Waals surface area (Å²) in [6.45, 7) is 4.35. The number of hydrogen-bond acceptors (Lipinski definition) is 2. The zero-order chi connectivity index (χ0) is 13.9. The Morgan fingerprint density at radius 2 is 1.90 bits per heavy atom. The number of aromatic hydroxyl groups is 1. The lowest BCUT2D eigenvalue weighted by Gasteiger charge is -2.36. The van der Waals surface area contributed by atoms with E-state index in [1.54, 1.807) is 6.07 Å². The standard InChI is InChI=1S/C18H16O2/c1-18(2)15-10-12(19)8-7-11(15)9-14-13-5-3-4-6-16(13)20-17(14)18/h3-10,17,19H,1-2H3. The van der Waals surface area contributed by atoms with Crippen molar-refractivity contribution in [1.82, 2.24) is 0 Å². The topological polar surface area (TPSA) is 29.5 Å². The smallest absolute Gasteiger partial charge is 0.134 e. The van der Waals surface area contributed by atoms with E-state index in [4.69, 9.17) is 4.74 Å². The highest BCUT2D eigenvalue weighted by molar-refractivity contribution is 5.92. The molecule has 2 aliphatic rings. The fraction of sp³-hybridized carbons (Fsp3) is 0.222. The molecule has 0 fully saturated rings. The van der Waals surface area contributed by atoms with Crippen LogP contribution in [-0.4, -0.2) is 11.2 Å². The van der Waals surface area contributed by atoms with E-state index in [-0.39, 0.29) is 11.5 Å². The van der Waals surface area contributed by atoms with E-state index < -0.39 is 0 Å². The Morgan fingerprint density at radius 1 is 1.10 bits per heavy atom. The van der Waals surface area contributed by atoms with Crippen molar-refractivity contribution in [2.24, 2.45) is 0 Å². The van der Waals surface area contributed by atoms with Gasteiger partial charge >= 0.3 is 0 Å². The van der Waals surface area contributed by atoms with Gasteiger partial charge in [-0.1, -0.05) is 38.1 Å². The number of rotatable bonds is 0. The summed E-state index contributed by atoms with van der Waals surface area (Å²) in [5.74, 6) is 1.26. The number of hydrogen-bond donors (Lipinski definition) is 1. The van der Waals surface area contributed by atoms with Gasteiger partial charge in [-0.2, -0.15) is 0 Å². The first-order valence-electron chi connectivity index (χ1n) is 6.88. The largest absolute Gasteiger partial charge is 0.508 e. The van der Waals surface area contributed by atoms with Gasteiger partial charge < -0.3 is 9.84 Å². The van der Waals surface area contributed by atoms with E-state index in [9.17, 15) is 5.11 Å². The molecule has 1 N–H and O–H groups in total. The second-order valence-electron chi connectivity index (χ2n) is 6.09. The number of para-hydroxylation sites is 1. The fourth-order valence-electron chi connectivity index (χ4n) is 3.37. The molecule has 0 amide bonds. The highest BCUT2D eigenvalue weighted by Gasteiger charge is 2.44. The second-order valence-corrected chi connectivity index (χ2v) is 6.09.